The summed E-state index contributed by atoms with van der Waals surface area (Å²) in [5, 5.41) is 0.499. The first-order valence-electron chi connectivity index (χ1n) is 8.47. The largest absolute Gasteiger partial charge is 0.465 e. The molecule has 0 amide bonds. The quantitative estimate of drug-likeness (QED) is 0.702. The van der Waals surface area contributed by atoms with Crippen molar-refractivity contribution in [3.8, 4) is 0 Å². The SMILES string of the molecule is COC(=O)c1cc(CN2CCN(S(=O)(=O)c3ccc(Cl)cc3)CC2)oc1C. The summed E-state index contributed by atoms with van der Waals surface area (Å²) in [5.74, 6) is 0.740. The molecule has 27 heavy (non-hydrogen) atoms. The lowest BCUT2D eigenvalue weighted by Crippen LogP contribution is -2.48. The number of furan rings is 1. The highest BCUT2D eigenvalue weighted by Gasteiger charge is 2.29. The summed E-state index contributed by atoms with van der Waals surface area (Å²) in [6.45, 7) is 4.13. The van der Waals surface area contributed by atoms with Crippen molar-refractivity contribution in [2.24, 2.45) is 0 Å². The molecule has 1 aliphatic heterocycles. The maximum atomic E-state index is 12.7. The van der Waals surface area contributed by atoms with Crippen molar-refractivity contribution in [2.45, 2.75) is 18.4 Å². The molecule has 0 aliphatic carbocycles. The molecule has 1 aromatic heterocycles. The first-order valence-corrected chi connectivity index (χ1v) is 10.3. The van der Waals surface area contributed by atoms with Gasteiger partial charge in [0.05, 0.1) is 18.6 Å². The summed E-state index contributed by atoms with van der Waals surface area (Å²) >= 11 is 5.83. The fourth-order valence-electron chi connectivity index (χ4n) is 3.04. The Hall–Kier alpha value is -1.87. The van der Waals surface area contributed by atoms with E-state index in [0.717, 1.165) is 0 Å². The van der Waals surface area contributed by atoms with Gasteiger partial charge >= 0.3 is 5.97 Å². The van der Waals surface area contributed by atoms with E-state index < -0.39 is 16.0 Å². The zero-order valence-electron chi connectivity index (χ0n) is 15.1. The van der Waals surface area contributed by atoms with E-state index in [1.807, 2.05) is 0 Å². The summed E-state index contributed by atoms with van der Waals surface area (Å²) in [7, 11) is -2.20. The van der Waals surface area contributed by atoms with Crippen LogP contribution in [-0.2, 0) is 21.3 Å². The van der Waals surface area contributed by atoms with E-state index in [1.54, 1.807) is 25.1 Å². The molecular weight excluding hydrogens is 392 g/mol. The van der Waals surface area contributed by atoms with Crippen molar-refractivity contribution in [3.05, 3.63) is 52.4 Å². The molecule has 0 spiro atoms. The molecule has 1 aliphatic rings. The molecule has 2 aromatic rings. The van der Waals surface area contributed by atoms with Crippen molar-refractivity contribution < 1.29 is 22.4 Å². The topological polar surface area (TPSA) is 80.1 Å². The highest BCUT2D eigenvalue weighted by atomic mass is 35.5. The fraction of sp³-hybridized carbons (Fsp3) is 0.389. The highest BCUT2D eigenvalue weighted by Crippen LogP contribution is 2.22. The first kappa shape index (κ1) is 19.9. The number of sulfonamides is 1. The Labute approximate surface area is 163 Å². The van der Waals surface area contributed by atoms with Crippen LogP contribution in [0.3, 0.4) is 0 Å². The van der Waals surface area contributed by atoms with Crippen molar-refractivity contribution >= 4 is 27.6 Å². The van der Waals surface area contributed by atoms with Gasteiger partial charge in [0, 0.05) is 31.2 Å². The van der Waals surface area contributed by atoms with Gasteiger partial charge in [-0.3, -0.25) is 4.90 Å². The molecule has 2 heterocycles. The molecular formula is C18H21ClN2O5S. The van der Waals surface area contributed by atoms with Crippen LogP contribution < -0.4 is 0 Å². The molecule has 7 nitrogen and oxygen atoms in total. The zero-order chi connectivity index (χ0) is 19.6. The van der Waals surface area contributed by atoms with E-state index in [-0.39, 0.29) is 4.90 Å². The van der Waals surface area contributed by atoms with Crippen LogP contribution >= 0.6 is 11.6 Å². The summed E-state index contributed by atoms with van der Waals surface area (Å²) in [4.78, 5) is 14.0. The van der Waals surface area contributed by atoms with Gasteiger partial charge in [-0.15, -0.1) is 0 Å². The number of halogens is 1. The summed E-state index contributed by atoms with van der Waals surface area (Å²) in [6, 6.07) is 7.86. The Morgan fingerprint density at radius 1 is 1.19 bits per heavy atom. The molecule has 0 radical (unpaired) electrons. The third-order valence-electron chi connectivity index (χ3n) is 4.54. The van der Waals surface area contributed by atoms with Gasteiger partial charge < -0.3 is 9.15 Å². The van der Waals surface area contributed by atoms with Crippen LogP contribution in [0, 0.1) is 6.92 Å². The number of ether oxygens (including phenoxy) is 1. The van der Waals surface area contributed by atoms with E-state index in [2.05, 4.69) is 4.90 Å². The van der Waals surface area contributed by atoms with Crippen LogP contribution in [0.5, 0.6) is 0 Å². The van der Waals surface area contributed by atoms with Gasteiger partial charge in [0.25, 0.3) is 0 Å². The number of benzene rings is 1. The van der Waals surface area contributed by atoms with Crippen LogP contribution in [0.15, 0.2) is 39.6 Å². The maximum Gasteiger partial charge on any atom is 0.341 e. The zero-order valence-corrected chi connectivity index (χ0v) is 16.7. The number of carbonyl (C=O) groups is 1. The molecule has 1 saturated heterocycles. The van der Waals surface area contributed by atoms with E-state index in [9.17, 15) is 13.2 Å². The van der Waals surface area contributed by atoms with Crippen LogP contribution in [0.4, 0.5) is 0 Å². The molecule has 9 heteroatoms. The van der Waals surface area contributed by atoms with E-state index in [0.29, 0.717) is 54.8 Å². The molecule has 1 aromatic carbocycles. The number of nitrogens with zero attached hydrogens (tertiary/aromatic N) is 2. The normalized spacial score (nSPS) is 16.4. The number of piperazine rings is 1. The smallest absolute Gasteiger partial charge is 0.341 e. The van der Waals surface area contributed by atoms with Crippen molar-refractivity contribution in [3.63, 3.8) is 0 Å². The number of hydrogen-bond acceptors (Lipinski definition) is 6. The lowest BCUT2D eigenvalue weighted by atomic mass is 10.2. The van der Waals surface area contributed by atoms with Gasteiger partial charge in [-0.1, -0.05) is 11.6 Å². The summed E-state index contributed by atoms with van der Waals surface area (Å²) in [6.07, 6.45) is 0. The van der Waals surface area contributed by atoms with Crippen LogP contribution in [0.1, 0.15) is 21.9 Å². The molecule has 0 N–H and O–H groups in total. The van der Waals surface area contributed by atoms with Crippen molar-refractivity contribution in [1.82, 2.24) is 9.21 Å². The van der Waals surface area contributed by atoms with Crippen LogP contribution in [-0.4, -0.2) is 56.9 Å². The minimum atomic E-state index is -3.53. The molecule has 0 saturated carbocycles. The number of rotatable bonds is 5. The van der Waals surface area contributed by atoms with Gasteiger partial charge in [-0.2, -0.15) is 4.31 Å². The van der Waals surface area contributed by atoms with Gasteiger partial charge in [-0.25, -0.2) is 13.2 Å². The highest BCUT2D eigenvalue weighted by molar-refractivity contribution is 7.89. The first-order chi connectivity index (χ1) is 12.8. The monoisotopic (exact) mass is 412 g/mol. The lowest BCUT2D eigenvalue weighted by molar-refractivity contribution is 0.0599. The molecule has 0 atom stereocenters. The summed E-state index contributed by atoms with van der Waals surface area (Å²) in [5.41, 5.74) is 0.413. The van der Waals surface area contributed by atoms with Crippen LogP contribution in [0.2, 0.25) is 5.02 Å². The molecule has 146 valence electrons. The molecule has 0 unspecified atom stereocenters. The van der Waals surface area contributed by atoms with Gasteiger partial charge in [-0.05, 0) is 37.3 Å². The van der Waals surface area contributed by atoms with E-state index in [1.165, 1.54) is 23.5 Å². The Balaban J connectivity index is 1.62. The number of hydrogen-bond donors (Lipinski definition) is 0. The summed E-state index contributed by atoms with van der Waals surface area (Å²) < 4.78 is 37.3. The predicted octanol–water partition coefficient (Wildman–Crippen LogP) is 2.53. The van der Waals surface area contributed by atoms with Crippen molar-refractivity contribution in [1.29, 1.82) is 0 Å². The fourth-order valence-corrected chi connectivity index (χ4v) is 4.59. The standard InChI is InChI=1S/C18H21ClN2O5S/c1-13-17(18(22)25-2)11-15(26-13)12-20-7-9-21(10-8-20)27(23,24)16-5-3-14(19)4-6-16/h3-6,11H,7-10,12H2,1-2H3. The minimum absolute atomic E-state index is 0.240. The maximum absolute atomic E-state index is 12.7. The van der Waals surface area contributed by atoms with Gasteiger partial charge in [0.2, 0.25) is 10.0 Å². The number of methoxy groups -OCH3 is 1. The van der Waals surface area contributed by atoms with E-state index >= 15 is 0 Å². The van der Waals surface area contributed by atoms with Gasteiger partial charge in [0.1, 0.15) is 17.1 Å². The third kappa shape index (κ3) is 4.35. The van der Waals surface area contributed by atoms with Crippen LogP contribution in [0.25, 0.3) is 0 Å². The second-order valence-electron chi connectivity index (χ2n) is 6.31. The number of carbonyl (C=O) groups excluding carboxylic acids is 1. The average molecular weight is 413 g/mol. The third-order valence-corrected chi connectivity index (χ3v) is 6.70. The Morgan fingerprint density at radius 2 is 1.81 bits per heavy atom. The van der Waals surface area contributed by atoms with E-state index in [4.69, 9.17) is 20.8 Å². The minimum Gasteiger partial charge on any atom is -0.465 e. The van der Waals surface area contributed by atoms with Crippen molar-refractivity contribution in [2.75, 3.05) is 33.3 Å². The molecule has 0 bridgehead atoms. The Bertz CT molecular complexity index is 916. The average Bonchev–Trinajstić information content (AvgIpc) is 3.02. The Morgan fingerprint density at radius 3 is 2.41 bits per heavy atom. The number of aryl methyl sites for hydroxylation is 1. The number of esters is 1. The predicted molar refractivity (Wildman–Crippen MR) is 100 cm³/mol. The lowest BCUT2D eigenvalue weighted by Gasteiger charge is -2.33. The molecule has 3 rings (SSSR count). The Kier molecular flexibility index (Phi) is 5.90. The second kappa shape index (κ2) is 8.02. The van der Waals surface area contributed by atoms with Gasteiger partial charge in [0.15, 0.2) is 0 Å². The second-order valence-corrected chi connectivity index (χ2v) is 8.68. The molecule has 1 fully saturated rings.